The highest BCUT2D eigenvalue weighted by Gasteiger charge is 2.42. The second-order valence-corrected chi connectivity index (χ2v) is 5.19. The minimum absolute atomic E-state index is 0.173. The maximum absolute atomic E-state index is 12.2. The molecule has 2 aliphatic rings. The highest BCUT2D eigenvalue weighted by molar-refractivity contribution is 5.83. The van der Waals surface area contributed by atoms with Crippen LogP contribution in [0, 0.1) is 5.41 Å². The number of hydrogen-bond acceptors (Lipinski definition) is 3. The van der Waals surface area contributed by atoms with Crippen LogP contribution in [-0.4, -0.2) is 31.7 Å². The van der Waals surface area contributed by atoms with Crippen molar-refractivity contribution in [1.82, 2.24) is 5.32 Å². The molecular weight excluding hydrogens is 204 g/mol. The van der Waals surface area contributed by atoms with Crippen LogP contribution in [0.1, 0.15) is 38.5 Å². The number of nitrogens with one attached hydrogen (secondary N) is 1. The van der Waals surface area contributed by atoms with Crippen LogP contribution in [-0.2, 0) is 9.53 Å². The molecule has 16 heavy (non-hydrogen) atoms. The molecule has 92 valence electrons. The van der Waals surface area contributed by atoms with Crippen LogP contribution in [0.25, 0.3) is 0 Å². The zero-order valence-corrected chi connectivity index (χ0v) is 10.00. The Balaban J connectivity index is 1.83. The molecule has 0 aliphatic heterocycles. The molecule has 2 rings (SSSR count). The van der Waals surface area contributed by atoms with Gasteiger partial charge in [-0.2, -0.15) is 0 Å². The van der Waals surface area contributed by atoms with Crippen molar-refractivity contribution in [3.63, 3.8) is 0 Å². The Bertz CT molecular complexity index is 256. The molecule has 2 saturated carbocycles. The maximum atomic E-state index is 12.2. The molecule has 4 heteroatoms. The molecule has 0 spiro atoms. The van der Waals surface area contributed by atoms with Gasteiger partial charge in [-0.1, -0.05) is 12.8 Å². The average Bonchev–Trinajstić information content (AvgIpc) is 2.72. The van der Waals surface area contributed by atoms with Gasteiger partial charge in [-0.05, 0) is 25.7 Å². The van der Waals surface area contributed by atoms with Gasteiger partial charge < -0.3 is 15.8 Å². The van der Waals surface area contributed by atoms with Gasteiger partial charge in [0.15, 0.2) is 0 Å². The smallest absolute Gasteiger partial charge is 0.227 e. The summed E-state index contributed by atoms with van der Waals surface area (Å²) in [4.78, 5) is 12.2. The summed E-state index contributed by atoms with van der Waals surface area (Å²) in [6, 6.07) is 0.307. The normalized spacial score (nSPS) is 32.1. The monoisotopic (exact) mass is 226 g/mol. The van der Waals surface area contributed by atoms with Gasteiger partial charge in [-0.3, -0.25) is 4.79 Å². The van der Waals surface area contributed by atoms with E-state index in [2.05, 4.69) is 5.32 Å². The number of carbonyl (C=O) groups is 1. The van der Waals surface area contributed by atoms with Crippen molar-refractivity contribution in [2.24, 2.45) is 11.1 Å². The average molecular weight is 226 g/mol. The van der Waals surface area contributed by atoms with E-state index >= 15 is 0 Å². The van der Waals surface area contributed by atoms with E-state index in [0.29, 0.717) is 18.7 Å². The van der Waals surface area contributed by atoms with Gasteiger partial charge in [-0.25, -0.2) is 0 Å². The summed E-state index contributed by atoms with van der Waals surface area (Å²) in [5.74, 6) is 0.173. The van der Waals surface area contributed by atoms with Crippen molar-refractivity contribution in [3.8, 4) is 0 Å². The van der Waals surface area contributed by atoms with Crippen LogP contribution >= 0.6 is 0 Å². The predicted octanol–water partition coefficient (Wildman–Crippen LogP) is 0.799. The first-order valence-electron chi connectivity index (χ1n) is 6.24. The number of hydrogen-bond donors (Lipinski definition) is 2. The lowest BCUT2D eigenvalue weighted by Crippen LogP contribution is -2.53. The van der Waals surface area contributed by atoms with E-state index in [0.717, 1.165) is 38.5 Å². The third-order valence-electron chi connectivity index (χ3n) is 4.20. The quantitative estimate of drug-likeness (QED) is 0.745. The molecule has 2 fully saturated rings. The maximum Gasteiger partial charge on any atom is 0.227 e. The summed E-state index contributed by atoms with van der Waals surface area (Å²) in [5, 5.41) is 3.12. The molecule has 0 saturated heterocycles. The van der Waals surface area contributed by atoms with Crippen LogP contribution in [0.15, 0.2) is 0 Å². The lowest BCUT2D eigenvalue weighted by atomic mass is 9.83. The molecule has 0 bridgehead atoms. The molecule has 0 heterocycles. The lowest BCUT2D eigenvalue weighted by molar-refractivity contribution is -0.132. The summed E-state index contributed by atoms with van der Waals surface area (Å²) >= 11 is 0. The molecule has 0 radical (unpaired) electrons. The standard InChI is InChI=1S/C12H22N2O2/c1-16-10-6-9(7-10)14-11(15)12(8-13)4-2-3-5-12/h9-10H,2-8,13H2,1H3,(H,14,15). The molecule has 0 aromatic heterocycles. The fourth-order valence-electron chi connectivity index (χ4n) is 2.79. The van der Waals surface area contributed by atoms with Crippen molar-refractivity contribution in [2.75, 3.05) is 13.7 Å². The summed E-state index contributed by atoms with van der Waals surface area (Å²) in [6.45, 7) is 0.485. The van der Waals surface area contributed by atoms with Gasteiger partial charge in [0.05, 0.1) is 11.5 Å². The second kappa shape index (κ2) is 4.72. The van der Waals surface area contributed by atoms with Gasteiger partial charge in [0.25, 0.3) is 0 Å². The van der Waals surface area contributed by atoms with Crippen LogP contribution in [0.3, 0.4) is 0 Å². The van der Waals surface area contributed by atoms with E-state index < -0.39 is 0 Å². The number of methoxy groups -OCH3 is 1. The molecule has 3 N–H and O–H groups in total. The number of ether oxygens (including phenoxy) is 1. The van der Waals surface area contributed by atoms with Crippen LogP contribution in [0.4, 0.5) is 0 Å². The first kappa shape index (κ1) is 11.9. The molecule has 4 nitrogen and oxygen atoms in total. The minimum Gasteiger partial charge on any atom is -0.381 e. The van der Waals surface area contributed by atoms with Crippen molar-refractivity contribution in [2.45, 2.75) is 50.7 Å². The first-order valence-corrected chi connectivity index (χ1v) is 6.24. The summed E-state index contributed by atoms with van der Waals surface area (Å²) < 4.78 is 5.20. The van der Waals surface area contributed by atoms with E-state index in [9.17, 15) is 4.79 Å². The van der Waals surface area contributed by atoms with Gasteiger partial charge in [-0.15, -0.1) is 0 Å². The molecule has 0 aromatic rings. The Kier molecular flexibility index (Phi) is 3.50. The summed E-state index contributed by atoms with van der Waals surface area (Å²) in [6.07, 6.45) is 6.41. The van der Waals surface area contributed by atoms with Gasteiger partial charge in [0.1, 0.15) is 0 Å². The molecular formula is C12H22N2O2. The Morgan fingerprint density at radius 2 is 2.06 bits per heavy atom. The minimum atomic E-state index is -0.266. The van der Waals surface area contributed by atoms with Gasteiger partial charge >= 0.3 is 0 Å². The number of rotatable bonds is 4. The third-order valence-corrected chi connectivity index (χ3v) is 4.20. The second-order valence-electron chi connectivity index (χ2n) is 5.19. The summed E-state index contributed by atoms with van der Waals surface area (Å²) in [7, 11) is 1.72. The van der Waals surface area contributed by atoms with Crippen molar-refractivity contribution < 1.29 is 9.53 Å². The molecule has 0 atom stereocenters. The third kappa shape index (κ3) is 2.09. The van der Waals surface area contributed by atoms with Crippen LogP contribution in [0.5, 0.6) is 0 Å². The Morgan fingerprint density at radius 1 is 1.44 bits per heavy atom. The molecule has 2 aliphatic carbocycles. The fourth-order valence-corrected chi connectivity index (χ4v) is 2.79. The summed E-state index contributed by atoms with van der Waals surface area (Å²) in [5.41, 5.74) is 5.51. The van der Waals surface area contributed by atoms with Crippen molar-refractivity contribution in [3.05, 3.63) is 0 Å². The number of nitrogens with two attached hydrogens (primary N) is 1. The molecule has 0 unspecified atom stereocenters. The van der Waals surface area contributed by atoms with E-state index in [4.69, 9.17) is 10.5 Å². The highest BCUT2D eigenvalue weighted by Crippen LogP contribution is 2.38. The van der Waals surface area contributed by atoms with E-state index in [1.54, 1.807) is 7.11 Å². The van der Waals surface area contributed by atoms with E-state index in [-0.39, 0.29) is 11.3 Å². The molecule has 1 amide bonds. The zero-order valence-electron chi connectivity index (χ0n) is 10.00. The van der Waals surface area contributed by atoms with Crippen molar-refractivity contribution in [1.29, 1.82) is 0 Å². The molecule has 0 aromatic carbocycles. The number of amides is 1. The lowest BCUT2D eigenvalue weighted by Gasteiger charge is -2.37. The Labute approximate surface area is 96.9 Å². The number of carbonyl (C=O) groups excluding carboxylic acids is 1. The Morgan fingerprint density at radius 3 is 2.56 bits per heavy atom. The van der Waals surface area contributed by atoms with Crippen LogP contribution < -0.4 is 11.1 Å². The SMILES string of the molecule is COC1CC(NC(=O)C2(CN)CCCC2)C1. The van der Waals surface area contributed by atoms with Crippen molar-refractivity contribution >= 4 is 5.91 Å². The Hall–Kier alpha value is -0.610. The van der Waals surface area contributed by atoms with E-state index in [1.807, 2.05) is 0 Å². The fraction of sp³-hybridized carbons (Fsp3) is 0.917. The first-order chi connectivity index (χ1) is 7.70. The van der Waals surface area contributed by atoms with Crippen LogP contribution in [0.2, 0.25) is 0 Å². The topological polar surface area (TPSA) is 64.3 Å². The van der Waals surface area contributed by atoms with E-state index in [1.165, 1.54) is 0 Å². The van der Waals surface area contributed by atoms with Gasteiger partial charge in [0.2, 0.25) is 5.91 Å². The highest BCUT2D eigenvalue weighted by atomic mass is 16.5. The zero-order chi connectivity index (χ0) is 11.6. The van der Waals surface area contributed by atoms with Gasteiger partial charge in [0, 0.05) is 19.7 Å². The predicted molar refractivity (Wildman–Crippen MR) is 61.9 cm³/mol. The largest absolute Gasteiger partial charge is 0.381 e.